The molecule has 2 saturated heterocycles. The number of nitrogens with zero attached hydrogens (tertiary/aromatic N) is 2. The highest BCUT2D eigenvalue weighted by Gasteiger charge is 2.65. The van der Waals surface area contributed by atoms with Crippen molar-refractivity contribution < 1.29 is 23.9 Å². The van der Waals surface area contributed by atoms with Crippen LogP contribution in [-0.2, 0) is 22.6 Å². The number of carbonyl (C=O) groups excluding carboxylic acids is 3. The van der Waals surface area contributed by atoms with Gasteiger partial charge in [0.25, 0.3) is 11.8 Å². The summed E-state index contributed by atoms with van der Waals surface area (Å²) in [7, 11) is 0. The standard InChI is InChI=1S/C31H32FN3O4S/c1-19-10-7-8-13-22(19)17-35-30(39)27-31(35,3)40-18-34(27)29(38)26(36)25(16-21-11-5-4-6-12-21)33-28(37)23-14-9-15-24(32)20(23)2/h4-15,25-27,36H,16-18H2,1-3H3,(H,33,37)/t25-,26?,27+,31?/m0/s1. The second-order valence-electron chi connectivity index (χ2n) is 10.5. The maximum atomic E-state index is 14.1. The molecule has 2 aliphatic heterocycles. The summed E-state index contributed by atoms with van der Waals surface area (Å²) in [4.78, 5) is 42.8. The fraction of sp³-hybridized carbons (Fsp3) is 0.323. The molecule has 9 heteroatoms. The van der Waals surface area contributed by atoms with Gasteiger partial charge in [0.05, 0.1) is 11.9 Å². The van der Waals surface area contributed by atoms with Gasteiger partial charge in [0.15, 0.2) is 6.10 Å². The third-order valence-corrected chi connectivity index (χ3v) is 9.42. The smallest absolute Gasteiger partial charge is 0.255 e. The van der Waals surface area contributed by atoms with Crippen LogP contribution in [0, 0.1) is 19.7 Å². The topological polar surface area (TPSA) is 90.0 Å². The Hall–Kier alpha value is -3.69. The Balaban J connectivity index is 1.35. The van der Waals surface area contributed by atoms with Crippen LogP contribution >= 0.6 is 11.8 Å². The first-order valence-corrected chi connectivity index (χ1v) is 14.2. The normalized spacial score (nSPS) is 21.4. The molecule has 2 unspecified atom stereocenters. The summed E-state index contributed by atoms with van der Waals surface area (Å²) >= 11 is 1.49. The molecule has 2 aliphatic rings. The summed E-state index contributed by atoms with van der Waals surface area (Å²) < 4.78 is 14.1. The summed E-state index contributed by atoms with van der Waals surface area (Å²) in [6.45, 7) is 5.89. The number of nitrogens with one attached hydrogen (secondary N) is 1. The molecule has 0 radical (unpaired) electrons. The molecule has 0 aromatic heterocycles. The van der Waals surface area contributed by atoms with Gasteiger partial charge < -0.3 is 20.2 Å². The minimum atomic E-state index is -1.61. The molecule has 208 valence electrons. The molecule has 2 N–H and O–H groups in total. The summed E-state index contributed by atoms with van der Waals surface area (Å²) in [6, 6.07) is 19.6. The van der Waals surface area contributed by atoms with Gasteiger partial charge in [-0.25, -0.2) is 4.39 Å². The molecular formula is C31H32FN3O4S. The first kappa shape index (κ1) is 27.9. The summed E-state index contributed by atoms with van der Waals surface area (Å²) in [5, 5.41) is 14.1. The number of aliphatic hydroxyl groups excluding tert-OH is 1. The molecule has 0 saturated carbocycles. The van der Waals surface area contributed by atoms with Gasteiger partial charge in [-0.2, -0.15) is 0 Å². The van der Waals surface area contributed by atoms with E-state index < -0.39 is 40.7 Å². The Bertz CT molecular complexity index is 1450. The van der Waals surface area contributed by atoms with Crippen LogP contribution in [0.3, 0.4) is 0 Å². The van der Waals surface area contributed by atoms with Crippen molar-refractivity contribution in [1.82, 2.24) is 15.1 Å². The molecule has 3 aromatic carbocycles. The van der Waals surface area contributed by atoms with E-state index in [0.717, 1.165) is 16.7 Å². The van der Waals surface area contributed by atoms with Crippen LogP contribution in [0.25, 0.3) is 0 Å². The van der Waals surface area contributed by atoms with E-state index in [1.165, 1.54) is 41.8 Å². The molecule has 3 aromatic rings. The van der Waals surface area contributed by atoms with E-state index in [4.69, 9.17) is 0 Å². The zero-order valence-corrected chi connectivity index (χ0v) is 23.5. The number of amides is 3. The lowest BCUT2D eigenvalue weighted by Crippen LogP contribution is -2.73. The minimum absolute atomic E-state index is 0.128. The predicted octanol–water partition coefficient (Wildman–Crippen LogP) is 3.80. The van der Waals surface area contributed by atoms with E-state index in [2.05, 4.69) is 5.32 Å². The lowest BCUT2D eigenvalue weighted by Gasteiger charge is -2.53. The van der Waals surface area contributed by atoms with Crippen LogP contribution in [0.1, 0.15) is 39.5 Å². The van der Waals surface area contributed by atoms with Crippen molar-refractivity contribution in [3.8, 4) is 0 Å². The number of rotatable bonds is 8. The zero-order valence-electron chi connectivity index (χ0n) is 22.6. The molecule has 40 heavy (non-hydrogen) atoms. The quantitative estimate of drug-likeness (QED) is 0.409. The Morgan fingerprint density at radius 2 is 1.77 bits per heavy atom. The number of aliphatic hydroxyl groups is 1. The molecule has 3 amide bonds. The van der Waals surface area contributed by atoms with Gasteiger partial charge in [0, 0.05) is 12.1 Å². The van der Waals surface area contributed by atoms with Crippen LogP contribution in [-0.4, -0.2) is 61.6 Å². The van der Waals surface area contributed by atoms with Crippen LogP contribution in [0.2, 0.25) is 0 Å². The average molecular weight is 562 g/mol. The molecule has 7 nitrogen and oxygen atoms in total. The van der Waals surface area contributed by atoms with Crippen LogP contribution < -0.4 is 5.32 Å². The van der Waals surface area contributed by atoms with Gasteiger partial charge >= 0.3 is 0 Å². The number of thioether (sulfide) groups is 1. The zero-order chi connectivity index (χ0) is 28.6. The lowest BCUT2D eigenvalue weighted by atomic mass is 9.91. The predicted molar refractivity (Wildman–Crippen MR) is 152 cm³/mol. The summed E-state index contributed by atoms with van der Waals surface area (Å²) in [5.41, 5.74) is 3.24. The van der Waals surface area contributed by atoms with Gasteiger partial charge in [-0.05, 0) is 61.6 Å². The van der Waals surface area contributed by atoms with Crippen LogP contribution in [0.4, 0.5) is 4.39 Å². The van der Waals surface area contributed by atoms with Crippen LogP contribution in [0.15, 0.2) is 72.8 Å². The van der Waals surface area contributed by atoms with E-state index in [-0.39, 0.29) is 29.3 Å². The number of fused-ring (bicyclic) bond motifs is 1. The molecule has 0 bridgehead atoms. The number of β-lactam (4-membered cyclic amide) rings is 1. The number of aryl methyl sites for hydroxylation is 1. The summed E-state index contributed by atoms with van der Waals surface area (Å²) in [6.07, 6.45) is -1.44. The number of hydrogen-bond acceptors (Lipinski definition) is 5. The first-order valence-electron chi connectivity index (χ1n) is 13.2. The molecule has 0 aliphatic carbocycles. The Kier molecular flexibility index (Phi) is 7.70. The molecule has 2 fully saturated rings. The number of halogens is 1. The van der Waals surface area contributed by atoms with Crippen LogP contribution in [0.5, 0.6) is 0 Å². The first-order chi connectivity index (χ1) is 19.1. The molecule has 5 rings (SSSR count). The second-order valence-corrected chi connectivity index (χ2v) is 11.9. The monoisotopic (exact) mass is 561 g/mol. The Labute approximate surface area is 237 Å². The van der Waals surface area contributed by atoms with E-state index in [1.54, 1.807) is 4.90 Å². The fourth-order valence-electron chi connectivity index (χ4n) is 5.47. The number of likely N-dealkylation sites (tertiary alicyclic amines) is 1. The molecule has 4 atom stereocenters. The molecule has 0 spiro atoms. The van der Waals surface area contributed by atoms with Gasteiger partial charge in [-0.3, -0.25) is 14.4 Å². The third kappa shape index (κ3) is 4.99. The number of hydrogen-bond donors (Lipinski definition) is 2. The molecule has 2 heterocycles. The van der Waals surface area contributed by atoms with E-state index in [0.29, 0.717) is 6.54 Å². The van der Waals surface area contributed by atoms with Crippen molar-refractivity contribution in [3.05, 3.63) is 106 Å². The second kappa shape index (κ2) is 11.1. The highest BCUT2D eigenvalue weighted by atomic mass is 32.2. The number of carbonyl (C=O) groups is 3. The van der Waals surface area contributed by atoms with Crippen molar-refractivity contribution in [3.63, 3.8) is 0 Å². The minimum Gasteiger partial charge on any atom is -0.381 e. The fourth-order valence-corrected chi connectivity index (χ4v) is 6.84. The summed E-state index contributed by atoms with van der Waals surface area (Å²) in [5.74, 6) is -1.66. The van der Waals surface area contributed by atoms with Crippen molar-refractivity contribution >= 4 is 29.5 Å². The maximum Gasteiger partial charge on any atom is 0.255 e. The van der Waals surface area contributed by atoms with Crippen molar-refractivity contribution in [1.29, 1.82) is 0 Å². The van der Waals surface area contributed by atoms with Gasteiger partial charge in [0.1, 0.15) is 16.7 Å². The maximum absolute atomic E-state index is 14.1. The molecular weight excluding hydrogens is 529 g/mol. The highest BCUT2D eigenvalue weighted by molar-refractivity contribution is 8.01. The Morgan fingerprint density at radius 3 is 2.50 bits per heavy atom. The van der Waals surface area contributed by atoms with E-state index in [1.807, 2.05) is 68.4 Å². The highest BCUT2D eigenvalue weighted by Crippen LogP contribution is 2.51. The van der Waals surface area contributed by atoms with Gasteiger partial charge in [-0.15, -0.1) is 11.8 Å². The van der Waals surface area contributed by atoms with E-state index in [9.17, 15) is 23.9 Å². The average Bonchev–Trinajstić information content (AvgIpc) is 3.26. The van der Waals surface area contributed by atoms with Crippen molar-refractivity contribution in [2.75, 3.05) is 5.88 Å². The Morgan fingerprint density at radius 1 is 1.07 bits per heavy atom. The van der Waals surface area contributed by atoms with Crippen molar-refractivity contribution in [2.45, 2.75) is 56.8 Å². The SMILES string of the molecule is Cc1ccccc1CN1C(=O)[C@H]2N(C(=O)C(O)[C@H](Cc3ccccc3)NC(=O)c3cccc(F)c3C)CSC21C. The largest absolute Gasteiger partial charge is 0.381 e. The van der Waals surface area contributed by atoms with Gasteiger partial charge in [-0.1, -0.05) is 60.7 Å². The van der Waals surface area contributed by atoms with Crippen molar-refractivity contribution in [2.24, 2.45) is 0 Å². The van der Waals surface area contributed by atoms with Gasteiger partial charge in [0.2, 0.25) is 5.91 Å². The lowest BCUT2D eigenvalue weighted by molar-refractivity contribution is -0.168. The van der Waals surface area contributed by atoms with E-state index >= 15 is 0 Å². The number of benzene rings is 3. The third-order valence-electron chi connectivity index (χ3n) is 7.98.